The van der Waals surface area contributed by atoms with Crippen LogP contribution in [0, 0.1) is 0 Å². The van der Waals surface area contributed by atoms with Gasteiger partial charge in [0.1, 0.15) is 6.04 Å². The van der Waals surface area contributed by atoms with Gasteiger partial charge in [-0.3, -0.25) is 9.59 Å². The number of likely N-dealkylation sites (N-methyl/N-ethyl adjacent to an activating group) is 1. The van der Waals surface area contributed by atoms with Crippen molar-refractivity contribution in [2.45, 2.75) is 32.2 Å². The predicted octanol–water partition coefficient (Wildman–Crippen LogP) is 4.78. The van der Waals surface area contributed by atoms with Crippen molar-refractivity contribution in [3.63, 3.8) is 0 Å². The van der Waals surface area contributed by atoms with Gasteiger partial charge in [0.15, 0.2) is 0 Å². The van der Waals surface area contributed by atoms with Crippen molar-refractivity contribution < 1.29 is 9.59 Å². The number of nitrogens with zero attached hydrogens (tertiary/aromatic N) is 1. The molecule has 0 aliphatic carbocycles. The van der Waals surface area contributed by atoms with Gasteiger partial charge in [-0.15, -0.1) is 11.8 Å². The van der Waals surface area contributed by atoms with Gasteiger partial charge in [0.05, 0.1) is 5.75 Å². The van der Waals surface area contributed by atoms with Gasteiger partial charge in [0.25, 0.3) is 0 Å². The topological polar surface area (TPSA) is 49.4 Å². The summed E-state index contributed by atoms with van der Waals surface area (Å²) in [5.41, 5.74) is 2.03. The second kappa shape index (κ2) is 11.3. The van der Waals surface area contributed by atoms with E-state index in [1.807, 2.05) is 43.3 Å². The van der Waals surface area contributed by atoms with Crippen molar-refractivity contribution in [2.24, 2.45) is 0 Å². The molecular formula is C21H24Cl2N2O2S. The summed E-state index contributed by atoms with van der Waals surface area (Å²) in [6, 6.07) is 14.3. The molecule has 2 amide bonds. The smallest absolute Gasteiger partial charge is 0.242 e. The first-order chi connectivity index (χ1) is 13.4. The van der Waals surface area contributed by atoms with E-state index in [-0.39, 0.29) is 11.8 Å². The minimum absolute atomic E-state index is 0.0762. The van der Waals surface area contributed by atoms with Gasteiger partial charge in [-0.2, -0.15) is 0 Å². The van der Waals surface area contributed by atoms with E-state index in [4.69, 9.17) is 23.2 Å². The van der Waals surface area contributed by atoms with Gasteiger partial charge in [-0.25, -0.2) is 0 Å². The average molecular weight is 439 g/mol. The third-order valence-corrected chi connectivity index (χ3v) is 5.68. The minimum Gasteiger partial charge on any atom is -0.355 e. The first kappa shape index (κ1) is 22.6. The molecule has 0 spiro atoms. The van der Waals surface area contributed by atoms with E-state index in [1.165, 1.54) is 11.8 Å². The van der Waals surface area contributed by atoms with Crippen LogP contribution in [0.25, 0.3) is 0 Å². The van der Waals surface area contributed by atoms with Gasteiger partial charge < -0.3 is 10.2 Å². The number of amides is 2. The summed E-state index contributed by atoms with van der Waals surface area (Å²) in [6.45, 7) is 4.49. The maximum atomic E-state index is 12.9. The van der Waals surface area contributed by atoms with Gasteiger partial charge in [-0.05, 0) is 49.2 Å². The number of benzene rings is 2. The maximum absolute atomic E-state index is 12.9. The Morgan fingerprint density at radius 1 is 1.00 bits per heavy atom. The Labute approximate surface area is 180 Å². The molecular weight excluding hydrogens is 415 g/mol. The third kappa shape index (κ3) is 7.04. The molecule has 2 rings (SSSR count). The highest BCUT2D eigenvalue weighted by Crippen LogP contribution is 2.18. The molecule has 1 N–H and O–H groups in total. The molecule has 2 aromatic carbocycles. The van der Waals surface area contributed by atoms with Crippen LogP contribution in [0.3, 0.4) is 0 Å². The van der Waals surface area contributed by atoms with E-state index in [1.54, 1.807) is 24.0 Å². The Balaban J connectivity index is 2.03. The summed E-state index contributed by atoms with van der Waals surface area (Å²) >= 11 is 13.4. The van der Waals surface area contributed by atoms with Crippen molar-refractivity contribution in [3.8, 4) is 0 Å². The van der Waals surface area contributed by atoms with Gasteiger partial charge >= 0.3 is 0 Å². The van der Waals surface area contributed by atoms with Gasteiger partial charge in [0, 0.05) is 28.9 Å². The number of carbonyl (C=O) groups is 2. The Morgan fingerprint density at radius 3 is 2.07 bits per heavy atom. The monoisotopic (exact) mass is 438 g/mol. The van der Waals surface area contributed by atoms with Crippen LogP contribution < -0.4 is 5.32 Å². The van der Waals surface area contributed by atoms with Crippen LogP contribution in [0.2, 0.25) is 10.0 Å². The molecule has 0 aliphatic heterocycles. The number of nitrogens with one attached hydrogen (secondary N) is 1. The highest BCUT2D eigenvalue weighted by atomic mass is 35.5. The number of hydrogen-bond donors (Lipinski definition) is 1. The number of hydrogen-bond acceptors (Lipinski definition) is 3. The molecule has 150 valence electrons. The summed E-state index contributed by atoms with van der Waals surface area (Å²) in [7, 11) is 0. The van der Waals surface area contributed by atoms with Crippen molar-refractivity contribution in [2.75, 3.05) is 12.3 Å². The molecule has 0 saturated carbocycles. The molecule has 28 heavy (non-hydrogen) atoms. The Bertz CT molecular complexity index is 782. The van der Waals surface area contributed by atoms with Crippen LogP contribution in [-0.4, -0.2) is 35.1 Å². The van der Waals surface area contributed by atoms with E-state index in [2.05, 4.69) is 5.32 Å². The minimum atomic E-state index is -0.556. The van der Waals surface area contributed by atoms with Crippen LogP contribution in [0.4, 0.5) is 0 Å². The average Bonchev–Trinajstić information content (AvgIpc) is 2.68. The molecule has 1 atom stereocenters. The van der Waals surface area contributed by atoms with Crippen LogP contribution in [0.5, 0.6) is 0 Å². The van der Waals surface area contributed by atoms with E-state index < -0.39 is 6.04 Å². The maximum Gasteiger partial charge on any atom is 0.242 e. The molecule has 0 aromatic heterocycles. The lowest BCUT2D eigenvalue weighted by molar-refractivity contribution is -0.138. The fraction of sp³-hybridized carbons (Fsp3) is 0.333. The van der Waals surface area contributed by atoms with E-state index >= 15 is 0 Å². The first-order valence-electron chi connectivity index (χ1n) is 9.04. The Hall–Kier alpha value is -1.69. The van der Waals surface area contributed by atoms with Crippen LogP contribution in [0.15, 0.2) is 48.5 Å². The lowest BCUT2D eigenvalue weighted by Gasteiger charge is -2.28. The SMILES string of the molecule is CCNC(=O)[C@H](C)N(Cc1ccc(Cl)cc1)C(=O)CSCc1ccc(Cl)cc1. The third-order valence-electron chi connectivity index (χ3n) is 4.19. The Morgan fingerprint density at radius 2 is 1.54 bits per heavy atom. The van der Waals surface area contributed by atoms with Crippen LogP contribution in [0.1, 0.15) is 25.0 Å². The van der Waals surface area contributed by atoms with E-state index in [0.717, 1.165) is 11.1 Å². The van der Waals surface area contributed by atoms with Crippen molar-refractivity contribution in [1.82, 2.24) is 10.2 Å². The largest absolute Gasteiger partial charge is 0.355 e. The zero-order valence-electron chi connectivity index (χ0n) is 16.0. The van der Waals surface area contributed by atoms with Gasteiger partial charge in [-0.1, -0.05) is 47.5 Å². The summed E-state index contributed by atoms with van der Waals surface area (Å²) < 4.78 is 0. The van der Waals surface area contributed by atoms with E-state index in [0.29, 0.717) is 34.6 Å². The fourth-order valence-corrected chi connectivity index (χ4v) is 3.73. The second-order valence-corrected chi connectivity index (χ2v) is 8.20. The number of rotatable bonds is 9. The van der Waals surface area contributed by atoms with Crippen molar-refractivity contribution in [1.29, 1.82) is 0 Å². The summed E-state index contributed by atoms with van der Waals surface area (Å²) in [5.74, 6) is 0.757. The summed E-state index contributed by atoms with van der Waals surface area (Å²) in [4.78, 5) is 26.8. The van der Waals surface area contributed by atoms with Gasteiger partial charge in [0.2, 0.25) is 11.8 Å². The zero-order valence-corrected chi connectivity index (χ0v) is 18.3. The molecule has 0 aliphatic rings. The molecule has 0 saturated heterocycles. The lowest BCUT2D eigenvalue weighted by Crippen LogP contribution is -2.48. The quantitative estimate of drug-likeness (QED) is 0.612. The fourth-order valence-electron chi connectivity index (χ4n) is 2.61. The molecule has 2 aromatic rings. The van der Waals surface area contributed by atoms with Crippen LogP contribution >= 0.6 is 35.0 Å². The first-order valence-corrected chi connectivity index (χ1v) is 11.0. The molecule has 0 unspecified atom stereocenters. The zero-order chi connectivity index (χ0) is 20.5. The highest BCUT2D eigenvalue weighted by molar-refractivity contribution is 7.99. The Kier molecular flexibility index (Phi) is 9.16. The number of halogens is 2. The molecule has 0 heterocycles. The standard InChI is InChI=1S/C21H24Cl2N2O2S/c1-3-24-21(27)15(2)25(12-16-4-8-18(22)9-5-16)20(26)14-28-13-17-6-10-19(23)11-7-17/h4-11,15H,3,12-14H2,1-2H3,(H,24,27)/t15-/m0/s1. The predicted molar refractivity (Wildman–Crippen MR) is 118 cm³/mol. The summed E-state index contributed by atoms with van der Waals surface area (Å²) in [5, 5.41) is 4.12. The van der Waals surface area contributed by atoms with Crippen molar-refractivity contribution >= 4 is 46.8 Å². The van der Waals surface area contributed by atoms with Crippen molar-refractivity contribution in [3.05, 3.63) is 69.7 Å². The normalized spacial score (nSPS) is 11.7. The molecule has 0 bridgehead atoms. The van der Waals surface area contributed by atoms with Crippen LogP contribution in [-0.2, 0) is 21.9 Å². The summed E-state index contributed by atoms with van der Waals surface area (Å²) in [6.07, 6.45) is 0. The molecule has 4 nitrogen and oxygen atoms in total. The van der Waals surface area contributed by atoms with E-state index in [9.17, 15) is 9.59 Å². The molecule has 0 radical (unpaired) electrons. The number of carbonyl (C=O) groups excluding carboxylic acids is 2. The molecule has 7 heteroatoms. The highest BCUT2D eigenvalue weighted by Gasteiger charge is 2.25. The second-order valence-electron chi connectivity index (χ2n) is 6.34. The molecule has 0 fully saturated rings. The lowest BCUT2D eigenvalue weighted by atomic mass is 10.1. The number of thioether (sulfide) groups is 1.